The van der Waals surface area contributed by atoms with Crippen LogP contribution in [0.25, 0.3) is 0 Å². The highest BCUT2D eigenvalue weighted by molar-refractivity contribution is 5.80. The molecule has 1 fully saturated rings. The van der Waals surface area contributed by atoms with Crippen LogP contribution < -0.4 is 19.7 Å². The first-order valence-corrected chi connectivity index (χ1v) is 10.5. The Morgan fingerprint density at radius 2 is 1.87 bits per heavy atom. The monoisotopic (exact) mass is 430 g/mol. The Kier molecular flexibility index (Phi) is 7.94. The van der Waals surface area contributed by atoms with Crippen LogP contribution in [0.2, 0.25) is 0 Å². The highest BCUT2D eigenvalue weighted by atomic mass is 19.1. The van der Waals surface area contributed by atoms with Crippen LogP contribution in [0.15, 0.2) is 47.5 Å². The number of hydrogen-bond donors (Lipinski definition) is 2. The molecule has 0 amide bonds. The summed E-state index contributed by atoms with van der Waals surface area (Å²) < 4.78 is 24.7. The second-order valence-electron chi connectivity index (χ2n) is 7.24. The lowest BCUT2D eigenvalue weighted by Crippen LogP contribution is -2.52. The maximum Gasteiger partial charge on any atom is 0.194 e. The molecular weight excluding hydrogens is 399 g/mol. The van der Waals surface area contributed by atoms with Crippen LogP contribution in [0, 0.1) is 5.82 Å². The summed E-state index contributed by atoms with van der Waals surface area (Å²) in [5, 5.41) is 14.0. The van der Waals surface area contributed by atoms with Gasteiger partial charge in [0.15, 0.2) is 5.96 Å². The Balaban J connectivity index is 1.68. The molecule has 1 unspecified atom stereocenters. The maximum absolute atomic E-state index is 14.1. The summed E-state index contributed by atoms with van der Waals surface area (Å²) >= 11 is 0. The standard InChI is InChI=1S/C23H31FN4O3/c1-4-25-23(26-16-21(29)18-15-17(30-2)9-10-22(18)31-3)28-13-11-27(12-14-28)20-8-6-5-7-19(20)24/h5-10,15,21,29H,4,11-14,16H2,1-3H3,(H,25,26). The zero-order valence-electron chi connectivity index (χ0n) is 18.3. The van der Waals surface area contributed by atoms with Crippen LogP contribution in [0.3, 0.4) is 0 Å². The van der Waals surface area contributed by atoms with Crippen molar-refractivity contribution in [1.82, 2.24) is 10.2 Å². The van der Waals surface area contributed by atoms with E-state index in [9.17, 15) is 9.50 Å². The number of halogens is 1. The van der Waals surface area contributed by atoms with Gasteiger partial charge in [-0.2, -0.15) is 0 Å². The number of nitrogens with zero attached hydrogens (tertiary/aromatic N) is 3. The first-order valence-electron chi connectivity index (χ1n) is 10.5. The Morgan fingerprint density at radius 1 is 1.13 bits per heavy atom. The average molecular weight is 431 g/mol. The number of anilines is 1. The summed E-state index contributed by atoms with van der Waals surface area (Å²) in [6.45, 7) is 5.70. The van der Waals surface area contributed by atoms with Crippen LogP contribution in [0.5, 0.6) is 11.5 Å². The lowest BCUT2D eigenvalue weighted by molar-refractivity contribution is 0.181. The highest BCUT2D eigenvalue weighted by Crippen LogP contribution is 2.29. The first-order chi connectivity index (χ1) is 15.1. The molecular formula is C23H31FN4O3. The van der Waals surface area contributed by atoms with Gasteiger partial charge in [0.2, 0.25) is 0 Å². The third-order valence-corrected chi connectivity index (χ3v) is 5.32. The van der Waals surface area contributed by atoms with Crippen LogP contribution in [-0.4, -0.2) is 69.5 Å². The van der Waals surface area contributed by atoms with Crippen LogP contribution >= 0.6 is 0 Å². The van der Waals surface area contributed by atoms with Gasteiger partial charge in [-0.25, -0.2) is 4.39 Å². The molecule has 31 heavy (non-hydrogen) atoms. The van der Waals surface area contributed by atoms with Crippen molar-refractivity contribution >= 4 is 11.6 Å². The van der Waals surface area contributed by atoms with Crippen LogP contribution in [-0.2, 0) is 0 Å². The number of para-hydroxylation sites is 1. The fourth-order valence-electron chi connectivity index (χ4n) is 3.66. The van der Waals surface area contributed by atoms with Crippen LogP contribution in [0.4, 0.5) is 10.1 Å². The third-order valence-electron chi connectivity index (χ3n) is 5.32. The van der Waals surface area contributed by atoms with E-state index in [1.54, 1.807) is 38.5 Å². The van der Waals surface area contributed by atoms with Crippen molar-refractivity contribution in [2.75, 3.05) is 58.4 Å². The fourth-order valence-corrected chi connectivity index (χ4v) is 3.66. The molecule has 1 heterocycles. The molecule has 1 aliphatic rings. The molecule has 0 spiro atoms. The molecule has 8 heteroatoms. The molecule has 3 rings (SSSR count). The Hall–Kier alpha value is -3.00. The lowest BCUT2D eigenvalue weighted by atomic mass is 10.1. The minimum absolute atomic E-state index is 0.180. The molecule has 2 aromatic carbocycles. The summed E-state index contributed by atoms with van der Waals surface area (Å²) in [6.07, 6.45) is -0.835. The van der Waals surface area contributed by atoms with E-state index >= 15 is 0 Å². The molecule has 1 atom stereocenters. The molecule has 2 aromatic rings. The third kappa shape index (κ3) is 5.58. The number of piperazine rings is 1. The second-order valence-corrected chi connectivity index (χ2v) is 7.24. The Bertz CT molecular complexity index is 885. The average Bonchev–Trinajstić information content (AvgIpc) is 2.81. The smallest absolute Gasteiger partial charge is 0.194 e. The largest absolute Gasteiger partial charge is 0.497 e. The first kappa shape index (κ1) is 22.7. The van der Waals surface area contributed by atoms with E-state index in [1.165, 1.54) is 6.07 Å². The van der Waals surface area contributed by atoms with E-state index < -0.39 is 6.10 Å². The van der Waals surface area contributed by atoms with Gasteiger partial charge in [0.05, 0.1) is 26.5 Å². The summed E-state index contributed by atoms with van der Waals surface area (Å²) in [4.78, 5) is 8.83. The van der Waals surface area contributed by atoms with Gasteiger partial charge in [-0.05, 0) is 37.3 Å². The van der Waals surface area contributed by atoms with Crippen LogP contribution in [0.1, 0.15) is 18.6 Å². The van der Waals surface area contributed by atoms with Gasteiger partial charge in [0, 0.05) is 38.3 Å². The summed E-state index contributed by atoms with van der Waals surface area (Å²) in [5.41, 5.74) is 1.26. The van der Waals surface area contributed by atoms with Gasteiger partial charge in [0.1, 0.15) is 23.4 Å². The molecule has 1 aliphatic heterocycles. The number of hydrogen-bond acceptors (Lipinski definition) is 5. The van der Waals surface area contributed by atoms with Crippen molar-refractivity contribution in [2.24, 2.45) is 4.99 Å². The van der Waals surface area contributed by atoms with E-state index in [1.807, 2.05) is 24.0 Å². The molecule has 0 saturated carbocycles. The van der Waals surface area contributed by atoms with Gasteiger partial charge in [-0.3, -0.25) is 4.99 Å². The van der Waals surface area contributed by atoms with Crippen molar-refractivity contribution in [2.45, 2.75) is 13.0 Å². The molecule has 1 saturated heterocycles. The van der Waals surface area contributed by atoms with Gasteiger partial charge < -0.3 is 29.7 Å². The molecule has 0 aromatic heterocycles. The number of ether oxygens (including phenoxy) is 2. The summed E-state index contributed by atoms with van der Waals surface area (Å²) in [6, 6.07) is 12.2. The number of rotatable bonds is 7. The minimum Gasteiger partial charge on any atom is -0.497 e. The van der Waals surface area contributed by atoms with E-state index in [4.69, 9.17) is 9.47 Å². The normalized spacial score (nSPS) is 15.6. The van der Waals surface area contributed by atoms with Gasteiger partial charge in [-0.1, -0.05) is 12.1 Å². The number of aliphatic imine (C=N–C) groups is 1. The van der Waals surface area contributed by atoms with Crippen molar-refractivity contribution in [3.05, 3.63) is 53.8 Å². The summed E-state index contributed by atoms with van der Waals surface area (Å²) in [5.74, 6) is 1.77. The fraction of sp³-hybridized carbons (Fsp3) is 0.435. The van der Waals surface area contributed by atoms with Gasteiger partial charge >= 0.3 is 0 Å². The number of guanidine groups is 1. The molecule has 0 radical (unpaired) electrons. The lowest BCUT2D eigenvalue weighted by Gasteiger charge is -2.37. The zero-order chi connectivity index (χ0) is 22.2. The number of benzene rings is 2. The Morgan fingerprint density at radius 3 is 2.52 bits per heavy atom. The van der Waals surface area contributed by atoms with E-state index in [2.05, 4.69) is 15.2 Å². The predicted octanol–water partition coefficient (Wildman–Crippen LogP) is 2.66. The number of aliphatic hydroxyl groups excluding tert-OH is 1. The molecule has 2 N–H and O–H groups in total. The quantitative estimate of drug-likeness (QED) is 0.520. The minimum atomic E-state index is -0.835. The predicted molar refractivity (Wildman–Crippen MR) is 121 cm³/mol. The van der Waals surface area contributed by atoms with Crippen molar-refractivity contribution in [3.63, 3.8) is 0 Å². The SMILES string of the molecule is CCNC(=NCC(O)c1cc(OC)ccc1OC)N1CCN(c2ccccc2F)CC1. The molecule has 0 bridgehead atoms. The van der Waals surface area contributed by atoms with Crippen molar-refractivity contribution in [1.29, 1.82) is 0 Å². The number of aliphatic hydroxyl groups is 1. The molecule has 0 aliphatic carbocycles. The van der Waals surface area contributed by atoms with E-state index in [0.29, 0.717) is 55.5 Å². The highest BCUT2D eigenvalue weighted by Gasteiger charge is 2.22. The zero-order valence-corrected chi connectivity index (χ0v) is 18.3. The molecule has 7 nitrogen and oxygen atoms in total. The van der Waals surface area contributed by atoms with Crippen molar-refractivity contribution < 1.29 is 19.0 Å². The topological polar surface area (TPSA) is 69.6 Å². The van der Waals surface area contributed by atoms with E-state index in [-0.39, 0.29) is 12.4 Å². The number of methoxy groups -OCH3 is 2. The summed E-state index contributed by atoms with van der Waals surface area (Å²) in [7, 11) is 3.15. The van der Waals surface area contributed by atoms with Gasteiger partial charge in [-0.15, -0.1) is 0 Å². The Labute approximate surface area is 183 Å². The molecule has 168 valence electrons. The number of nitrogens with one attached hydrogen (secondary N) is 1. The maximum atomic E-state index is 14.1. The van der Waals surface area contributed by atoms with E-state index in [0.717, 1.165) is 5.96 Å². The second kappa shape index (κ2) is 10.9. The van der Waals surface area contributed by atoms with Crippen molar-refractivity contribution in [3.8, 4) is 11.5 Å². The van der Waals surface area contributed by atoms with Gasteiger partial charge in [0.25, 0.3) is 0 Å².